The summed E-state index contributed by atoms with van der Waals surface area (Å²) in [6.07, 6.45) is 0. The standard InChI is InChI=1S/C20H22BrNO4/c1-20(2,3)14-8-9-17(16(21)11-14)26-12-18(23)22-15-7-5-6-13(10-15)19(24)25-4/h5-11H,12H2,1-4H3,(H,22,23). The van der Waals surface area contributed by atoms with Gasteiger partial charge in [0.25, 0.3) is 5.91 Å². The quantitative estimate of drug-likeness (QED) is 0.721. The third-order valence-electron chi connectivity index (χ3n) is 3.72. The monoisotopic (exact) mass is 419 g/mol. The van der Waals surface area contributed by atoms with Gasteiger partial charge in [-0.05, 0) is 57.2 Å². The molecule has 0 radical (unpaired) electrons. The minimum atomic E-state index is -0.458. The number of esters is 1. The zero-order valence-electron chi connectivity index (χ0n) is 15.3. The lowest BCUT2D eigenvalue weighted by molar-refractivity contribution is -0.118. The van der Waals surface area contributed by atoms with Gasteiger partial charge in [-0.15, -0.1) is 0 Å². The van der Waals surface area contributed by atoms with Crippen LogP contribution < -0.4 is 10.1 Å². The van der Waals surface area contributed by atoms with E-state index in [9.17, 15) is 9.59 Å². The molecule has 1 amide bonds. The molecule has 0 heterocycles. The topological polar surface area (TPSA) is 64.6 Å². The summed E-state index contributed by atoms with van der Waals surface area (Å²) in [5.74, 6) is -0.185. The Hall–Kier alpha value is -2.34. The summed E-state index contributed by atoms with van der Waals surface area (Å²) in [6.45, 7) is 6.25. The van der Waals surface area contributed by atoms with Gasteiger partial charge in [-0.1, -0.05) is 32.9 Å². The predicted molar refractivity (Wildman–Crippen MR) is 105 cm³/mol. The normalized spacial score (nSPS) is 11.0. The Morgan fingerprint density at radius 1 is 1.12 bits per heavy atom. The zero-order chi connectivity index (χ0) is 19.3. The number of carbonyl (C=O) groups is 2. The smallest absolute Gasteiger partial charge is 0.337 e. The first-order valence-corrected chi connectivity index (χ1v) is 8.91. The van der Waals surface area contributed by atoms with Crippen LogP contribution >= 0.6 is 15.9 Å². The first-order chi connectivity index (χ1) is 12.2. The number of carbonyl (C=O) groups excluding carboxylic acids is 2. The molecule has 2 rings (SSSR count). The lowest BCUT2D eigenvalue weighted by Crippen LogP contribution is -2.20. The maximum absolute atomic E-state index is 12.1. The van der Waals surface area contributed by atoms with Gasteiger partial charge < -0.3 is 14.8 Å². The zero-order valence-corrected chi connectivity index (χ0v) is 16.8. The summed E-state index contributed by atoms with van der Waals surface area (Å²) in [6, 6.07) is 12.4. The van der Waals surface area contributed by atoms with Gasteiger partial charge >= 0.3 is 5.97 Å². The molecule has 5 nitrogen and oxygen atoms in total. The second-order valence-corrected chi connectivity index (χ2v) is 7.66. The Morgan fingerprint density at radius 2 is 1.85 bits per heavy atom. The van der Waals surface area contributed by atoms with Crippen molar-refractivity contribution in [3.05, 3.63) is 58.1 Å². The highest BCUT2D eigenvalue weighted by molar-refractivity contribution is 9.10. The molecule has 0 unspecified atom stereocenters. The van der Waals surface area contributed by atoms with Gasteiger partial charge in [0.15, 0.2) is 6.61 Å². The number of halogens is 1. The number of benzene rings is 2. The lowest BCUT2D eigenvalue weighted by Gasteiger charge is -2.20. The lowest BCUT2D eigenvalue weighted by atomic mass is 9.87. The Morgan fingerprint density at radius 3 is 2.46 bits per heavy atom. The van der Waals surface area contributed by atoms with Crippen molar-refractivity contribution < 1.29 is 19.1 Å². The number of hydrogen-bond acceptors (Lipinski definition) is 4. The van der Waals surface area contributed by atoms with Crippen molar-refractivity contribution in [2.24, 2.45) is 0 Å². The fourth-order valence-corrected chi connectivity index (χ4v) is 2.76. The molecule has 0 aromatic heterocycles. The van der Waals surface area contributed by atoms with E-state index in [-0.39, 0.29) is 17.9 Å². The molecule has 0 bridgehead atoms. The van der Waals surface area contributed by atoms with Crippen LogP contribution in [0.4, 0.5) is 5.69 Å². The van der Waals surface area contributed by atoms with E-state index in [1.165, 1.54) is 12.7 Å². The summed E-state index contributed by atoms with van der Waals surface area (Å²) in [4.78, 5) is 23.6. The molecule has 0 aliphatic rings. The van der Waals surface area contributed by atoms with Crippen LogP contribution in [0.3, 0.4) is 0 Å². The molecule has 26 heavy (non-hydrogen) atoms. The van der Waals surface area contributed by atoms with Crippen LogP contribution in [0.1, 0.15) is 36.7 Å². The molecule has 0 spiro atoms. The Bertz CT molecular complexity index is 812. The fraction of sp³-hybridized carbons (Fsp3) is 0.300. The van der Waals surface area contributed by atoms with Crippen molar-refractivity contribution in [2.45, 2.75) is 26.2 Å². The second kappa shape index (κ2) is 8.36. The molecule has 138 valence electrons. The van der Waals surface area contributed by atoms with Crippen molar-refractivity contribution in [1.29, 1.82) is 0 Å². The number of anilines is 1. The molecule has 0 atom stereocenters. The van der Waals surface area contributed by atoms with Gasteiger partial charge in [0, 0.05) is 5.69 Å². The van der Waals surface area contributed by atoms with E-state index in [0.717, 1.165) is 4.47 Å². The Kier molecular flexibility index (Phi) is 6.42. The molecule has 2 aromatic carbocycles. The molecular formula is C20H22BrNO4. The van der Waals surface area contributed by atoms with E-state index in [4.69, 9.17) is 4.74 Å². The van der Waals surface area contributed by atoms with Crippen molar-refractivity contribution in [2.75, 3.05) is 19.0 Å². The average Bonchev–Trinajstić information content (AvgIpc) is 2.59. The molecule has 6 heteroatoms. The molecule has 0 saturated heterocycles. The maximum Gasteiger partial charge on any atom is 0.337 e. The summed E-state index contributed by atoms with van der Waals surface area (Å²) in [7, 11) is 1.31. The van der Waals surface area contributed by atoms with Crippen LogP contribution in [-0.2, 0) is 14.9 Å². The minimum Gasteiger partial charge on any atom is -0.483 e. The molecule has 0 saturated carbocycles. The van der Waals surface area contributed by atoms with Gasteiger partial charge in [0.05, 0.1) is 17.1 Å². The van der Waals surface area contributed by atoms with E-state index >= 15 is 0 Å². The molecule has 0 aliphatic carbocycles. The SMILES string of the molecule is COC(=O)c1cccc(NC(=O)COc2ccc(C(C)(C)C)cc2Br)c1. The summed E-state index contributed by atoms with van der Waals surface area (Å²) in [5.41, 5.74) is 2.07. The highest BCUT2D eigenvalue weighted by atomic mass is 79.9. The van der Waals surface area contributed by atoms with E-state index in [1.54, 1.807) is 24.3 Å². The van der Waals surface area contributed by atoms with Crippen molar-refractivity contribution in [3.8, 4) is 5.75 Å². The Balaban J connectivity index is 1.98. The summed E-state index contributed by atoms with van der Waals surface area (Å²) >= 11 is 3.48. The van der Waals surface area contributed by atoms with Crippen molar-refractivity contribution in [3.63, 3.8) is 0 Å². The largest absolute Gasteiger partial charge is 0.483 e. The van der Waals surface area contributed by atoms with E-state index in [2.05, 4.69) is 46.8 Å². The first-order valence-electron chi connectivity index (χ1n) is 8.12. The average molecular weight is 420 g/mol. The van der Waals surface area contributed by atoms with Crippen LogP contribution in [0.15, 0.2) is 46.9 Å². The van der Waals surface area contributed by atoms with Gasteiger partial charge in [-0.25, -0.2) is 4.79 Å². The molecular weight excluding hydrogens is 398 g/mol. The number of ether oxygens (including phenoxy) is 2. The van der Waals surface area contributed by atoms with E-state index < -0.39 is 5.97 Å². The molecule has 0 aliphatic heterocycles. The van der Waals surface area contributed by atoms with Crippen LogP contribution in [0.25, 0.3) is 0 Å². The molecule has 1 N–H and O–H groups in total. The molecule has 2 aromatic rings. The Labute approximate surface area is 161 Å². The highest BCUT2D eigenvalue weighted by Gasteiger charge is 2.16. The highest BCUT2D eigenvalue weighted by Crippen LogP contribution is 2.31. The van der Waals surface area contributed by atoms with Gasteiger partial charge in [0.1, 0.15) is 5.75 Å². The predicted octanol–water partition coefficient (Wildman–Crippen LogP) is 4.55. The van der Waals surface area contributed by atoms with Gasteiger partial charge in [0.2, 0.25) is 0 Å². The summed E-state index contributed by atoms with van der Waals surface area (Å²) in [5, 5.41) is 2.70. The van der Waals surface area contributed by atoms with Crippen LogP contribution in [-0.4, -0.2) is 25.6 Å². The fourth-order valence-electron chi connectivity index (χ4n) is 2.27. The van der Waals surface area contributed by atoms with Crippen molar-refractivity contribution >= 4 is 33.5 Å². The third-order valence-corrected chi connectivity index (χ3v) is 4.34. The van der Waals surface area contributed by atoms with Crippen LogP contribution in [0.5, 0.6) is 5.75 Å². The summed E-state index contributed by atoms with van der Waals surface area (Å²) < 4.78 is 11.1. The van der Waals surface area contributed by atoms with Crippen LogP contribution in [0.2, 0.25) is 0 Å². The number of rotatable bonds is 5. The van der Waals surface area contributed by atoms with Gasteiger partial charge in [-0.3, -0.25) is 4.79 Å². The third kappa shape index (κ3) is 5.33. The number of nitrogens with one attached hydrogen (secondary N) is 1. The van der Waals surface area contributed by atoms with E-state index in [0.29, 0.717) is 17.0 Å². The van der Waals surface area contributed by atoms with Crippen molar-refractivity contribution in [1.82, 2.24) is 0 Å². The number of amides is 1. The first kappa shape index (κ1) is 20.0. The molecule has 0 fully saturated rings. The van der Waals surface area contributed by atoms with E-state index in [1.807, 2.05) is 18.2 Å². The maximum atomic E-state index is 12.1. The van der Waals surface area contributed by atoms with Gasteiger partial charge in [-0.2, -0.15) is 0 Å². The number of methoxy groups -OCH3 is 1. The number of hydrogen-bond donors (Lipinski definition) is 1. The second-order valence-electron chi connectivity index (χ2n) is 6.80. The minimum absolute atomic E-state index is 0.0308. The van der Waals surface area contributed by atoms with Crippen LogP contribution in [0, 0.1) is 0 Å².